The van der Waals surface area contributed by atoms with Gasteiger partial charge in [0.15, 0.2) is 5.65 Å². The molecule has 0 radical (unpaired) electrons. The van der Waals surface area contributed by atoms with Crippen molar-refractivity contribution in [2.75, 3.05) is 37.0 Å². The van der Waals surface area contributed by atoms with Gasteiger partial charge in [-0.25, -0.2) is 0 Å². The number of piperidine rings is 1. The van der Waals surface area contributed by atoms with Crippen molar-refractivity contribution in [1.82, 2.24) is 24.9 Å². The zero-order valence-corrected chi connectivity index (χ0v) is 20.1. The largest absolute Gasteiger partial charge is 0.497 e. The molecule has 2 fully saturated rings. The summed E-state index contributed by atoms with van der Waals surface area (Å²) in [7, 11) is 1.70. The van der Waals surface area contributed by atoms with Crippen LogP contribution in [0.2, 0.25) is 0 Å². The molecule has 33 heavy (non-hydrogen) atoms. The lowest BCUT2D eigenvalue weighted by molar-refractivity contribution is 0.308. The molecule has 4 heterocycles. The van der Waals surface area contributed by atoms with E-state index in [1.54, 1.807) is 7.11 Å². The molecule has 176 valence electrons. The maximum atomic E-state index is 5.42. The van der Waals surface area contributed by atoms with Crippen molar-refractivity contribution in [1.29, 1.82) is 0 Å². The molecule has 1 aromatic carbocycles. The van der Waals surface area contributed by atoms with Gasteiger partial charge >= 0.3 is 0 Å². The summed E-state index contributed by atoms with van der Waals surface area (Å²) in [5.74, 6) is 2.74. The molecule has 8 nitrogen and oxygen atoms in total. The molecule has 0 amide bonds. The quantitative estimate of drug-likeness (QED) is 0.585. The highest BCUT2D eigenvalue weighted by molar-refractivity contribution is 5.57. The van der Waals surface area contributed by atoms with Crippen molar-refractivity contribution in [3.8, 4) is 5.75 Å². The minimum Gasteiger partial charge on any atom is -0.497 e. The number of methoxy groups -OCH3 is 1. The van der Waals surface area contributed by atoms with Gasteiger partial charge in [-0.05, 0) is 69.3 Å². The van der Waals surface area contributed by atoms with Gasteiger partial charge in [0, 0.05) is 17.6 Å². The molecular formula is C25H35N7O. The molecule has 2 saturated heterocycles. The molecular weight excluding hydrogens is 414 g/mol. The van der Waals surface area contributed by atoms with Gasteiger partial charge in [-0.1, -0.05) is 26.0 Å². The van der Waals surface area contributed by atoms with Crippen molar-refractivity contribution >= 4 is 17.5 Å². The fourth-order valence-corrected chi connectivity index (χ4v) is 5.36. The first kappa shape index (κ1) is 21.9. The minimum atomic E-state index is 0.0316. The molecule has 0 aliphatic carbocycles. The van der Waals surface area contributed by atoms with Crippen molar-refractivity contribution in [2.45, 2.75) is 64.0 Å². The van der Waals surface area contributed by atoms with Crippen LogP contribution in [0, 0.1) is 0 Å². The summed E-state index contributed by atoms with van der Waals surface area (Å²) < 4.78 is 7.28. The van der Waals surface area contributed by atoms with E-state index >= 15 is 0 Å². The van der Waals surface area contributed by atoms with E-state index in [0.29, 0.717) is 5.92 Å². The van der Waals surface area contributed by atoms with Crippen LogP contribution >= 0.6 is 0 Å². The van der Waals surface area contributed by atoms with E-state index < -0.39 is 0 Å². The van der Waals surface area contributed by atoms with Crippen LogP contribution in [0.15, 0.2) is 30.5 Å². The highest BCUT2D eigenvalue weighted by Crippen LogP contribution is 2.39. The van der Waals surface area contributed by atoms with E-state index in [0.717, 1.165) is 66.9 Å². The summed E-state index contributed by atoms with van der Waals surface area (Å²) >= 11 is 0. The average Bonchev–Trinajstić information content (AvgIpc) is 3.44. The Morgan fingerprint density at radius 2 is 1.94 bits per heavy atom. The second-order valence-corrected chi connectivity index (χ2v) is 9.71. The second-order valence-electron chi connectivity index (χ2n) is 9.71. The number of nitrogens with one attached hydrogen (secondary N) is 2. The summed E-state index contributed by atoms with van der Waals surface area (Å²) in [5.41, 5.74) is 3.34. The Balaban J connectivity index is 1.56. The number of fused-ring (bicyclic) bond motifs is 1. The Bertz CT molecular complexity index is 1120. The smallest absolute Gasteiger partial charge is 0.231 e. The topological polar surface area (TPSA) is 79.6 Å². The molecule has 2 aliphatic heterocycles. The van der Waals surface area contributed by atoms with Gasteiger partial charge in [-0.3, -0.25) is 0 Å². The van der Waals surface area contributed by atoms with Crippen molar-refractivity contribution < 1.29 is 4.74 Å². The Morgan fingerprint density at radius 3 is 2.70 bits per heavy atom. The van der Waals surface area contributed by atoms with Gasteiger partial charge in [-0.15, -0.1) is 0 Å². The molecule has 3 aromatic rings. The third-order valence-electron chi connectivity index (χ3n) is 7.32. The summed E-state index contributed by atoms with van der Waals surface area (Å²) in [6.45, 7) is 9.64. The average molecular weight is 450 g/mol. The van der Waals surface area contributed by atoms with Crippen LogP contribution in [0.5, 0.6) is 5.75 Å². The van der Waals surface area contributed by atoms with E-state index in [1.807, 2.05) is 22.8 Å². The molecule has 1 atom stereocenters. The van der Waals surface area contributed by atoms with Crippen LogP contribution in [0.25, 0.3) is 5.65 Å². The highest BCUT2D eigenvalue weighted by Gasteiger charge is 2.43. The molecule has 2 N–H and O–H groups in total. The van der Waals surface area contributed by atoms with Crippen molar-refractivity contribution in [2.24, 2.45) is 0 Å². The van der Waals surface area contributed by atoms with Crippen molar-refractivity contribution in [3.05, 3.63) is 41.6 Å². The van der Waals surface area contributed by atoms with Crippen LogP contribution in [-0.4, -0.2) is 51.9 Å². The number of ether oxygens (including phenoxy) is 1. The monoisotopic (exact) mass is 449 g/mol. The number of anilines is 2. The summed E-state index contributed by atoms with van der Waals surface area (Å²) in [4.78, 5) is 12.6. The van der Waals surface area contributed by atoms with Crippen LogP contribution in [0.4, 0.5) is 11.9 Å². The van der Waals surface area contributed by atoms with E-state index in [2.05, 4.69) is 53.5 Å². The maximum Gasteiger partial charge on any atom is 0.231 e. The van der Waals surface area contributed by atoms with Gasteiger partial charge in [0.1, 0.15) is 5.75 Å². The van der Waals surface area contributed by atoms with E-state index in [9.17, 15) is 0 Å². The first-order valence-corrected chi connectivity index (χ1v) is 12.2. The fourth-order valence-electron chi connectivity index (χ4n) is 5.36. The Morgan fingerprint density at radius 1 is 1.12 bits per heavy atom. The number of hydrogen-bond donors (Lipinski definition) is 2. The van der Waals surface area contributed by atoms with Gasteiger partial charge in [0.25, 0.3) is 0 Å². The number of aromatic nitrogens is 4. The van der Waals surface area contributed by atoms with Gasteiger partial charge in [0.05, 0.1) is 19.3 Å². The second kappa shape index (κ2) is 8.82. The number of nitrogens with zero attached hydrogens (tertiary/aromatic N) is 5. The molecule has 2 aromatic heterocycles. The van der Waals surface area contributed by atoms with Gasteiger partial charge in [0.2, 0.25) is 11.9 Å². The van der Waals surface area contributed by atoms with E-state index in [1.165, 1.54) is 12.8 Å². The maximum absolute atomic E-state index is 5.42. The fraction of sp³-hybridized carbons (Fsp3) is 0.560. The Kier molecular flexibility index (Phi) is 5.86. The number of benzene rings is 1. The van der Waals surface area contributed by atoms with Crippen LogP contribution in [-0.2, 0) is 0 Å². The van der Waals surface area contributed by atoms with Crippen molar-refractivity contribution in [3.63, 3.8) is 0 Å². The van der Waals surface area contributed by atoms with E-state index in [-0.39, 0.29) is 11.6 Å². The van der Waals surface area contributed by atoms with Gasteiger partial charge in [-0.2, -0.15) is 19.6 Å². The zero-order chi connectivity index (χ0) is 23.0. The van der Waals surface area contributed by atoms with Crippen LogP contribution in [0.1, 0.15) is 69.5 Å². The van der Waals surface area contributed by atoms with Gasteiger partial charge < -0.3 is 20.3 Å². The highest BCUT2D eigenvalue weighted by atomic mass is 16.5. The lowest BCUT2D eigenvalue weighted by Gasteiger charge is -2.42. The van der Waals surface area contributed by atoms with E-state index in [4.69, 9.17) is 14.7 Å². The Hall–Kier alpha value is -2.87. The zero-order valence-electron chi connectivity index (χ0n) is 20.1. The molecule has 8 heteroatoms. The SMILES string of the molecule is COc1cccc([C@H](C)Nc2nc(N3CCCC34CCNCC4)nc3c(C(C)C)cnn23)c1. The first-order valence-electron chi connectivity index (χ1n) is 12.2. The standard InChI is InChI=1S/C25H35N7O/c1-17(2)21-16-27-32-22(21)29-23(31-14-6-9-25(31)10-12-26-13-11-25)30-24(32)28-18(3)19-7-5-8-20(15-19)33-4/h5,7-8,15-18,26H,6,9-14H2,1-4H3,(H,28,29,30)/t18-/m0/s1. The van der Waals surface area contributed by atoms with Crippen LogP contribution < -0.4 is 20.3 Å². The third kappa shape index (κ3) is 4.01. The minimum absolute atomic E-state index is 0.0316. The van der Waals surface area contributed by atoms with Crippen LogP contribution in [0.3, 0.4) is 0 Å². The molecule has 5 rings (SSSR count). The predicted molar refractivity (Wildman–Crippen MR) is 131 cm³/mol. The lowest BCUT2D eigenvalue weighted by atomic mass is 9.86. The molecule has 0 unspecified atom stereocenters. The predicted octanol–water partition coefficient (Wildman–Crippen LogP) is 4.15. The molecule has 0 saturated carbocycles. The lowest BCUT2D eigenvalue weighted by Crippen LogP contribution is -2.51. The normalized spacial score (nSPS) is 18.9. The summed E-state index contributed by atoms with van der Waals surface area (Å²) in [6.07, 6.45) is 6.61. The number of rotatable bonds is 6. The first-order chi connectivity index (χ1) is 16.0. The molecule has 1 spiro atoms. The number of hydrogen-bond acceptors (Lipinski definition) is 7. The summed E-state index contributed by atoms with van der Waals surface area (Å²) in [6, 6.07) is 8.18. The molecule has 0 bridgehead atoms. The summed E-state index contributed by atoms with van der Waals surface area (Å²) in [5, 5.41) is 11.8. The third-order valence-corrected chi connectivity index (χ3v) is 7.32. The Labute approximate surface area is 195 Å². The molecule has 2 aliphatic rings.